The molecule has 5 heteroatoms. The van der Waals surface area contributed by atoms with Gasteiger partial charge in [0, 0.05) is 18.3 Å². The van der Waals surface area contributed by atoms with E-state index in [1.807, 2.05) is 40.0 Å². The molecular formula is C14H18N4O. The zero-order valence-electron chi connectivity index (χ0n) is 11.8. The average molecular weight is 258 g/mol. The lowest BCUT2D eigenvalue weighted by Crippen LogP contribution is -2.12. The second-order valence-electron chi connectivity index (χ2n) is 4.70. The Morgan fingerprint density at radius 3 is 2.53 bits per heavy atom. The van der Waals surface area contributed by atoms with Gasteiger partial charge in [-0.2, -0.15) is 15.3 Å². The molecule has 0 saturated carbocycles. The van der Waals surface area contributed by atoms with Crippen molar-refractivity contribution in [1.29, 1.82) is 0 Å². The van der Waals surface area contributed by atoms with Gasteiger partial charge in [-0.25, -0.2) is 0 Å². The predicted molar refractivity (Wildman–Crippen MR) is 72.1 cm³/mol. The van der Waals surface area contributed by atoms with Crippen LogP contribution in [-0.2, 0) is 19.9 Å². The van der Waals surface area contributed by atoms with Gasteiger partial charge in [0.05, 0.1) is 23.5 Å². The molecule has 0 aromatic carbocycles. The van der Waals surface area contributed by atoms with Crippen LogP contribution in [0.4, 0.5) is 0 Å². The third-order valence-corrected chi connectivity index (χ3v) is 3.07. The first-order chi connectivity index (χ1) is 9.01. The molecular weight excluding hydrogens is 240 g/mol. The molecule has 2 aromatic rings. The van der Waals surface area contributed by atoms with Crippen molar-refractivity contribution in [2.45, 2.75) is 33.6 Å². The third kappa shape index (κ3) is 2.86. The molecule has 0 bridgehead atoms. The van der Waals surface area contributed by atoms with Crippen LogP contribution in [0.15, 0.2) is 12.1 Å². The molecule has 19 heavy (non-hydrogen) atoms. The summed E-state index contributed by atoms with van der Waals surface area (Å²) in [5, 5.41) is 12.4. The summed E-state index contributed by atoms with van der Waals surface area (Å²) < 4.78 is 1.75. The summed E-state index contributed by atoms with van der Waals surface area (Å²) in [5.74, 6) is 0.0675. The Balaban J connectivity index is 2.29. The molecule has 0 saturated heterocycles. The SMILES string of the molecule is CCc1nnc(C)cc1C(=O)Cc1cc(C)nn1C. The minimum absolute atomic E-state index is 0.0675. The van der Waals surface area contributed by atoms with Crippen molar-refractivity contribution in [2.75, 3.05) is 0 Å². The lowest BCUT2D eigenvalue weighted by atomic mass is 10.0. The smallest absolute Gasteiger partial charge is 0.170 e. The Bertz CT molecular complexity index is 616. The summed E-state index contributed by atoms with van der Waals surface area (Å²) in [6.45, 7) is 5.74. The highest BCUT2D eigenvalue weighted by Gasteiger charge is 2.15. The highest BCUT2D eigenvalue weighted by atomic mass is 16.1. The van der Waals surface area contributed by atoms with Crippen molar-refractivity contribution >= 4 is 5.78 Å². The number of carbonyl (C=O) groups is 1. The maximum atomic E-state index is 12.4. The zero-order chi connectivity index (χ0) is 14.0. The minimum atomic E-state index is 0.0675. The van der Waals surface area contributed by atoms with Gasteiger partial charge in [0.2, 0.25) is 0 Å². The maximum Gasteiger partial charge on any atom is 0.170 e. The summed E-state index contributed by atoms with van der Waals surface area (Å²) in [5.41, 5.74) is 4.04. The van der Waals surface area contributed by atoms with E-state index in [9.17, 15) is 4.79 Å². The molecule has 0 spiro atoms. The Morgan fingerprint density at radius 2 is 1.95 bits per heavy atom. The molecule has 0 unspecified atom stereocenters. The molecule has 2 rings (SSSR count). The molecule has 0 radical (unpaired) electrons. The van der Waals surface area contributed by atoms with E-state index in [-0.39, 0.29) is 5.78 Å². The van der Waals surface area contributed by atoms with Crippen molar-refractivity contribution in [2.24, 2.45) is 7.05 Å². The minimum Gasteiger partial charge on any atom is -0.294 e. The number of ketones is 1. The van der Waals surface area contributed by atoms with E-state index in [0.29, 0.717) is 18.4 Å². The highest BCUT2D eigenvalue weighted by molar-refractivity contribution is 5.98. The standard InChI is InChI=1S/C14H18N4O/c1-5-13-12(7-9(2)15-16-13)14(19)8-11-6-10(3)17-18(11)4/h6-7H,5,8H2,1-4H3. The number of rotatable bonds is 4. The van der Waals surface area contributed by atoms with Gasteiger partial charge in [0.15, 0.2) is 5.78 Å². The van der Waals surface area contributed by atoms with Gasteiger partial charge < -0.3 is 0 Å². The maximum absolute atomic E-state index is 12.4. The van der Waals surface area contributed by atoms with Crippen molar-refractivity contribution < 1.29 is 4.79 Å². The molecule has 5 nitrogen and oxygen atoms in total. The fraction of sp³-hybridized carbons (Fsp3) is 0.429. The van der Waals surface area contributed by atoms with E-state index >= 15 is 0 Å². The molecule has 0 N–H and O–H groups in total. The molecule has 0 aliphatic heterocycles. The van der Waals surface area contributed by atoms with Gasteiger partial charge in [-0.3, -0.25) is 9.48 Å². The number of aryl methyl sites for hydroxylation is 4. The number of nitrogens with zero attached hydrogens (tertiary/aromatic N) is 4. The monoisotopic (exact) mass is 258 g/mol. The van der Waals surface area contributed by atoms with Crippen LogP contribution in [0.2, 0.25) is 0 Å². The molecule has 0 aliphatic rings. The third-order valence-electron chi connectivity index (χ3n) is 3.07. The van der Waals surface area contributed by atoms with E-state index < -0.39 is 0 Å². The summed E-state index contributed by atoms with van der Waals surface area (Å²) in [6, 6.07) is 3.75. The molecule has 0 fully saturated rings. The van der Waals surface area contributed by atoms with Crippen molar-refractivity contribution in [3.8, 4) is 0 Å². The number of aromatic nitrogens is 4. The summed E-state index contributed by atoms with van der Waals surface area (Å²) >= 11 is 0. The Hall–Kier alpha value is -2.04. The second-order valence-corrected chi connectivity index (χ2v) is 4.70. The number of hydrogen-bond donors (Lipinski definition) is 0. The fourth-order valence-electron chi connectivity index (χ4n) is 2.11. The molecule has 100 valence electrons. The number of hydrogen-bond acceptors (Lipinski definition) is 4. The van der Waals surface area contributed by atoms with Crippen LogP contribution in [0.1, 0.15) is 40.1 Å². The predicted octanol–water partition coefficient (Wildman–Crippen LogP) is 1.81. The topological polar surface area (TPSA) is 60.7 Å². The van der Waals surface area contributed by atoms with Crippen LogP contribution in [0.3, 0.4) is 0 Å². The summed E-state index contributed by atoms with van der Waals surface area (Å²) in [6.07, 6.45) is 1.05. The van der Waals surface area contributed by atoms with Crippen molar-refractivity contribution in [3.63, 3.8) is 0 Å². The average Bonchev–Trinajstić information content (AvgIpc) is 2.67. The first-order valence-corrected chi connectivity index (χ1v) is 6.37. The highest BCUT2D eigenvalue weighted by Crippen LogP contribution is 2.12. The van der Waals surface area contributed by atoms with Crippen LogP contribution < -0.4 is 0 Å². The van der Waals surface area contributed by atoms with Gasteiger partial charge in [-0.05, 0) is 32.4 Å². The number of carbonyl (C=O) groups excluding carboxylic acids is 1. The normalized spacial score (nSPS) is 10.7. The molecule has 0 atom stereocenters. The van der Waals surface area contributed by atoms with Crippen LogP contribution in [0.25, 0.3) is 0 Å². The van der Waals surface area contributed by atoms with Crippen LogP contribution in [0, 0.1) is 13.8 Å². The van der Waals surface area contributed by atoms with E-state index in [1.54, 1.807) is 4.68 Å². The van der Waals surface area contributed by atoms with Crippen LogP contribution >= 0.6 is 0 Å². The molecule has 2 heterocycles. The largest absolute Gasteiger partial charge is 0.294 e. The lowest BCUT2D eigenvalue weighted by molar-refractivity contribution is 0.0989. The zero-order valence-corrected chi connectivity index (χ0v) is 11.8. The number of Topliss-reactive ketones (excluding diaryl/α,β-unsaturated/α-hetero) is 1. The quantitative estimate of drug-likeness (QED) is 0.785. The summed E-state index contributed by atoms with van der Waals surface area (Å²) in [7, 11) is 1.85. The molecule has 0 amide bonds. The molecule has 0 aliphatic carbocycles. The lowest BCUT2D eigenvalue weighted by Gasteiger charge is -2.06. The van der Waals surface area contributed by atoms with Crippen LogP contribution in [0.5, 0.6) is 0 Å². The Morgan fingerprint density at radius 1 is 1.21 bits per heavy atom. The van der Waals surface area contributed by atoms with Gasteiger partial charge >= 0.3 is 0 Å². The van der Waals surface area contributed by atoms with Crippen LogP contribution in [-0.4, -0.2) is 25.8 Å². The summed E-state index contributed by atoms with van der Waals surface area (Å²) in [4.78, 5) is 12.4. The van der Waals surface area contributed by atoms with Gasteiger partial charge in [0.25, 0.3) is 0 Å². The van der Waals surface area contributed by atoms with Gasteiger partial charge in [-0.1, -0.05) is 6.92 Å². The van der Waals surface area contributed by atoms with E-state index in [1.165, 1.54) is 0 Å². The first kappa shape index (κ1) is 13.4. The van der Waals surface area contributed by atoms with Gasteiger partial charge in [-0.15, -0.1) is 0 Å². The Kier molecular flexibility index (Phi) is 3.74. The fourth-order valence-corrected chi connectivity index (χ4v) is 2.11. The second kappa shape index (κ2) is 5.30. The molecule has 2 aromatic heterocycles. The Labute approximate surface area is 112 Å². The van der Waals surface area contributed by atoms with E-state index in [0.717, 1.165) is 22.8 Å². The first-order valence-electron chi connectivity index (χ1n) is 6.37. The van der Waals surface area contributed by atoms with Gasteiger partial charge in [0.1, 0.15) is 0 Å². The van der Waals surface area contributed by atoms with E-state index in [4.69, 9.17) is 0 Å². The van der Waals surface area contributed by atoms with E-state index in [2.05, 4.69) is 15.3 Å². The van der Waals surface area contributed by atoms with Crippen molar-refractivity contribution in [3.05, 3.63) is 40.5 Å². The van der Waals surface area contributed by atoms with Crippen molar-refractivity contribution in [1.82, 2.24) is 20.0 Å².